The van der Waals surface area contributed by atoms with Crippen molar-refractivity contribution in [3.8, 4) is 0 Å². The van der Waals surface area contributed by atoms with Crippen LogP contribution in [0, 0.1) is 5.92 Å². The Bertz CT molecular complexity index is 259. The highest BCUT2D eigenvalue weighted by atomic mass is 16.5. The SMILES string of the molecule is CCCCC(CCC)NC(=O)C1COCC1NCC. The minimum absolute atomic E-state index is 0.0269. The summed E-state index contributed by atoms with van der Waals surface area (Å²) in [6.45, 7) is 8.51. The van der Waals surface area contributed by atoms with Crippen LogP contribution in [-0.2, 0) is 9.53 Å². The molecule has 2 N–H and O–H groups in total. The third-order valence-electron chi connectivity index (χ3n) is 3.77. The van der Waals surface area contributed by atoms with E-state index in [1.165, 1.54) is 12.8 Å². The Hall–Kier alpha value is -0.610. The third-order valence-corrected chi connectivity index (χ3v) is 3.77. The monoisotopic (exact) mass is 270 g/mol. The molecule has 19 heavy (non-hydrogen) atoms. The lowest BCUT2D eigenvalue weighted by Gasteiger charge is -2.23. The van der Waals surface area contributed by atoms with Crippen LogP contribution < -0.4 is 10.6 Å². The average Bonchev–Trinajstić information content (AvgIpc) is 2.85. The number of carbonyl (C=O) groups is 1. The Labute approximate surface area is 117 Å². The Morgan fingerprint density at radius 2 is 2.00 bits per heavy atom. The number of carbonyl (C=O) groups excluding carboxylic acids is 1. The van der Waals surface area contributed by atoms with Gasteiger partial charge >= 0.3 is 0 Å². The predicted octanol–water partition coefficient (Wildman–Crippen LogP) is 2.09. The van der Waals surface area contributed by atoms with Crippen LogP contribution in [0.2, 0.25) is 0 Å². The number of unbranched alkanes of at least 4 members (excludes halogenated alkanes) is 1. The van der Waals surface area contributed by atoms with Crippen molar-refractivity contribution < 1.29 is 9.53 Å². The molecule has 1 fully saturated rings. The van der Waals surface area contributed by atoms with Gasteiger partial charge in [-0.15, -0.1) is 0 Å². The van der Waals surface area contributed by atoms with Gasteiger partial charge < -0.3 is 15.4 Å². The van der Waals surface area contributed by atoms with Gasteiger partial charge in [-0.2, -0.15) is 0 Å². The fourth-order valence-electron chi connectivity index (χ4n) is 2.67. The van der Waals surface area contributed by atoms with Gasteiger partial charge in [-0.05, 0) is 19.4 Å². The molecule has 3 unspecified atom stereocenters. The number of likely N-dealkylation sites (N-methyl/N-ethyl adjacent to an activating group) is 1. The van der Waals surface area contributed by atoms with Crippen LogP contribution in [0.25, 0.3) is 0 Å². The second-order valence-electron chi connectivity index (χ2n) is 5.44. The van der Waals surface area contributed by atoms with Crippen LogP contribution in [0.4, 0.5) is 0 Å². The molecule has 1 heterocycles. The zero-order chi connectivity index (χ0) is 14.1. The second-order valence-corrected chi connectivity index (χ2v) is 5.44. The summed E-state index contributed by atoms with van der Waals surface area (Å²) in [6, 6.07) is 0.513. The highest BCUT2D eigenvalue weighted by molar-refractivity contribution is 5.80. The van der Waals surface area contributed by atoms with Crippen LogP contribution in [0.15, 0.2) is 0 Å². The predicted molar refractivity (Wildman–Crippen MR) is 78.1 cm³/mol. The molecule has 0 aromatic heterocycles. The van der Waals surface area contributed by atoms with E-state index in [-0.39, 0.29) is 17.9 Å². The Balaban J connectivity index is 2.45. The first-order chi connectivity index (χ1) is 9.22. The first kappa shape index (κ1) is 16.4. The van der Waals surface area contributed by atoms with E-state index in [0.29, 0.717) is 19.3 Å². The van der Waals surface area contributed by atoms with Gasteiger partial charge in [0, 0.05) is 12.1 Å². The van der Waals surface area contributed by atoms with Crippen molar-refractivity contribution >= 4 is 5.91 Å². The number of rotatable bonds is 9. The van der Waals surface area contributed by atoms with Crippen molar-refractivity contribution in [1.29, 1.82) is 0 Å². The average molecular weight is 270 g/mol. The van der Waals surface area contributed by atoms with Gasteiger partial charge in [-0.25, -0.2) is 0 Å². The van der Waals surface area contributed by atoms with Gasteiger partial charge in [0.15, 0.2) is 0 Å². The molecule has 3 atom stereocenters. The summed E-state index contributed by atoms with van der Waals surface area (Å²) in [4.78, 5) is 12.3. The molecule has 112 valence electrons. The van der Waals surface area contributed by atoms with E-state index in [2.05, 4.69) is 31.4 Å². The van der Waals surface area contributed by atoms with E-state index in [1.807, 2.05) is 0 Å². The fourth-order valence-corrected chi connectivity index (χ4v) is 2.67. The molecule has 0 radical (unpaired) electrons. The van der Waals surface area contributed by atoms with E-state index in [1.54, 1.807) is 0 Å². The lowest BCUT2D eigenvalue weighted by atomic mass is 10.00. The maximum absolute atomic E-state index is 12.3. The molecule has 4 heteroatoms. The molecule has 4 nitrogen and oxygen atoms in total. The number of nitrogens with one attached hydrogen (secondary N) is 2. The minimum Gasteiger partial charge on any atom is -0.379 e. The summed E-state index contributed by atoms with van der Waals surface area (Å²) < 4.78 is 5.44. The van der Waals surface area contributed by atoms with Crippen molar-refractivity contribution in [1.82, 2.24) is 10.6 Å². The molecule has 0 saturated carbocycles. The Morgan fingerprint density at radius 1 is 1.21 bits per heavy atom. The summed E-state index contributed by atoms with van der Waals surface area (Å²) in [5.74, 6) is 0.138. The summed E-state index contributed by atoms with van der Waals surface area (Å²) in [5.41, 5.74) is 0. The summed E-state index contributed by atoms with van der Waals surface area (Å²) in [6.07, 6.45) is 5.65. The lowest BCUT2D eigenvalue weighted by Crippen LogP contribution is -2.46. The topological polar surface area (TPSA) is 50.4 Å². The summed E-state index contributed by atoms with van der Waals surface area (Å²) >= 11 is 0. The van der Waals surface area contributed by atoms with Crippen LogP contribution >= 0.6 is 0 Å². The number of hydrogen-bond donors (Lipinski definition) is 2. The van der Waals surface area contributed by atoms with Crippen LogP contribution in [0.1, 0.15) is 52.9 Å². The molecule has 1 saturated heterocycles. The quantitative estimate of drug-likeness (QED) is 0.674. The maximum Gasteiger partial charge on any atom is 0.227 e. The van der Waals surface area contributed by atoms with Crippen molar-refractivity contribution in [2.75, 3.05) is 19.8 Å². The van der Waals surface area contributed by atoms with Gasteiger partial charge in [0.05, 0.1) is 19.1 Å². The van der Waals surface area contributed by atoms with Crippen molar-refractivity contribution in [3.63, 3.8) is 0 Å². The highest BCUT2D eigenvalue weighted by Crippen LogP contribution is 2.15. The third kappa shape index (κ3) is 5.49. The standard InChI is InChI=1S/C15H30N2O2/c1-4-7-9-12(8-5-2)17-15(18)13-10-19-11-14(13)16-6-3/h12-14,16H,4-11H2,1-3H3,(H,17,18). The van der Waals surface area contributed by atoms with Crippen molar-refractivity contribution in [2.24, 2.45) is 5.92 Å². The molecule has 0 spiro atoms. The molecule has 1 amide bonds. The molecule has 1 aliphatic heterocycles. The van der Waals surface area contributed by atoms with Gasteiger partial charge in [-0.1, -0.05) is 40.0 Å². The van der Waals surface area contributed by atoms with Gasteiger partial charge in [0.2, 0.25) is 5.91 Å². The van der Waals surface area contributed by atoms with E-state index in [0.717, 1.165) is 25.8 Å². The second kappa shape index (κ2) is 9.32. The van der Waals surface area contributed by atoms with Gasteiger partial charge in [-0.3, -0.25) is 4.79 Å². The molecule has 0 bridgehead atoms. The molecule has 1 rings (SSSR count). The summed E-state index contributed by atoms with van der Waals surface area (Å²) in [7, 11) is 0. The largest absolute Gasteiger partial charge is 0.379 e. The number of hydrogen-bond acceptors (Lipinski definition) is 3. The zero-order valence-corrected chi connectivity index (χ0v) is 12.7. The van der Waals surface area contributed by atoms with E-state index in [9.17, 15) is 4.79 Å². The Kier molecular flexibility index (Phi) is 8.07. The molecule has 0 aromatic carbocycles. The van der Waals surface area contributed by atoms with E-state index < -0.39 is 0 Å². The number of ether oxygens (including phenoxy) is 1. The highest BCUT2D eigenvalue weighted by Gasteiger charge is 2.34. The maximum atomic E-state index is 12.3. The van der Waals surface area contributed by atoms with Crippen LogP contribution in [0.5, 0.6) is 0 Å². The summed E-state index contributed by atoms with van der Waals surface area (Å²) in [5, 5.41) is 6.56. The van der Waals surface area contributed by atoms with Crippen LogP contribution in [0.3, 0.4) is 0 Å². The Morgan fingerprint density at radius 3 is 2.63 bits per heavy atom. The molecule has 1 aliphatic rings. The first-order valence-electron chi connectivity index (χ1n) is 7.84. The first-order valence-corrected chi connectivity index (χ1v) is 7.84. The van der Waals surface area contributed by atoms with Crippen molar-refractivity contribution in [2.45, 2.75) is 65.0 Å². The zero-order valence-electron chi connectivity index (χ0n) is 12.7. The molecule has 0 aliphatic carbocycles. The van der Waals surface area contributed by atoms with Crippen LogP contribution in [-0.4, -0.2) is 37.7 Å². The van der Waals surface area contributed by atoms with Crippen molar-refractivity contribution in [3.05, 3.63) is 0 Å². The molecular formula is C15H30N2O2. The fraction of sp³-hybridized carbons (Fsp3) is 0.933. The van der Waals surface area contributed by atoms with Gasteiger partial charge in [0.25, 0.3) is 0 Å². The normalized spacial score (nSPS) is 24.4. The molecular weight excluding hydrogens is 240 g/mol. The molecule has 0 aromatic rings. The van der Waals surface area contributed by atoms with E-state index >= 15 is 0 Å². The number of amides is 1. The smallest absolute Gasteiger partial charge is 0.227 e. The lowest BCUT2D eigenvalue weighted by molar-refractivity contribution is -0.126. The minimum atomic E-state index is -0.0269. The van der Waals surface area contributed by atoms with Gasteiger partial charge in [0.1, 0.15) is 0 Å². The van der Waals surface area contributed by atoms with E-state index in [4.69, 9.17) is 4.74 Å².